The molecular weight excluding hydrogens is 290 g/mol. The standard InChI is InChI=1S/C14H19N3OS2/c1-3-20-10-5-4-9(8-10)17-13-11(15-14(17)19)6-7-12(16-13)18-2/h6-7,9-10H,3-5,8H2,1-2H3,(H,15,19). The van der Waals surface area contributed by atoms with Crippen LogP contribution < -0.4 is 4.74 Å². The molecule has 0 aliphatic heterocycles. The van der Waals surface area contributed by atoms with E-state index >= 15 is 0 Å². The third-order valence-corrected chi connectivity index (χ3v) is 5.40. The Labute approximate surface area is 127 Å². The zero-order chi connectivity index (χ0) is 14.1. The third kappa shape index (κ3) is 2.46. The minimum Gasteiger partial charge on any atom is -0.481 e. The van der Waals surface area contributed by atoms with Gasteiger partial charge in [0.25, 0.3) is 0 Å². The van der Waals surface area contributed by atoms with Crippen LogP contribution in [0.5, 0.6) is 5.88 Å². The lowest BCUT2D eigenvalue weighted by molar-refractivity contribution is 0.398. The topological polar surface area (TPSA) is 42.8 Å². The Morgan fingerprint density at radius 2 is 2.35 bits per heavy atom. The summed E-state index contributed by atoms with van der Waals surface area (Å²) in [6, 6.07) is 4.31. The number of nitrogens with zero attached hydrogens (tertiary/aromatic N) is 2. The van der Waals surface area contributed by atoms with Crippen LogP contribution >= 0.6 is 24.0 Å². The maximum absolute atomic E-state index is 5.49. The number of methoxy groups -OCH3 is 1. The van der Waals surface area contributed by atoms with Crippen LogP contribution in [-0.4, -0.2) is 32.6 Å². The summed E-state index contributed by atoms with van der Waals surface area (Å²) in [5, 5.41) is 0.752. The molecule has 108 valence electrons. The first-order valence-corrected chi connectivity index (χ1v) is 8.45. The minimum atomic E-state index is 0.458. The fraction of sp³-hybridized carbons (Fsp3) is 0.571. The van der Waals surface area contributed by atoms with Gasteiger partial charge in [0, 0.05) is 17.4 Å². The van der Waals surface area contributed by atoms with Crippen LogP contribution in [0.1, 0.15) is 32.2 Å². The van der Waals surface area contributed by atoms with Crippen LogP contribution in [0.3, 0.4) is 0 Å². The normalized spacial score (nSPS) is 22.5. The van der Waals surface area contributed by atoms with Crippen molar-refractivity contribution in [3.8, 4) is 5.88 Å². The van der Waals surface area contributed by atoms with Crippen molar-refractivity contribution in [3.63, 3.8) is 0 Å². The fourth-order valence-corrected chi connectivity index (χ4v) is 4.45. The van der Waals surface area contributed by atoms with E-state index in [4.69, 9.17) is 17.0 Å². The molecule has 2 aromatic heterocycles. The van der Waals surface area contributed by atoms with E-state index < -0.39 is 0 Å². The van der Waals surface area contributed by atoms with Crippen molar-refractivity contribution in [2.24, 2.45) is 0 Å². The molecule has 2 aromatic rings. The van der Waals surface area contributed by atoms with Gasteiger partial charge in [-0.25, -0.2) is 0 Å². The molecule has 2 heterocycles. The molecule has 1 N–H and O–H groups in total. The van der Waals surface area contributed by atoms with Crippen LogP contribution in [0.4, 0.5) is 0 Å². The lowest BCUT2D eigenvalue weighted by Gasteiger charge is -2.13. The monoisotopic (exact) mass is 309 g/mol. The maximum Gasteiger partial charge on any atom is 0.215 e. The van der Waals surface area contributed by atoms with Gasteiger partial charge in [-0.15, -0.1) is 0 Å². The molecule has 0 spiro atoms. The van der Waals surface area contributed by atoms with Gasteiger partial charge in [0.2, 0.25) is 5.88 Å². The largest absolute Gasteiger partial charge is 0.481 e. The van der Waals surface area contributed by atoms with Crippen LogP contribution in [0.15, 0.2) is 12.1 Å². The number of nitrogens with one attached hydrogen (secondary N) is 1. The lowest BCUT2D eigenvalue weighted by atomic mass is 10.2. The minimum absolute atomic E-state index is 0.458. The fourth-order valence-electron chi connectivity index (χ4n) is 2.98. The molecule has 2 unspecified atom stereocenters. The quantitative estimate of drug-likeness (QED) is 0.869. The van der Waals surface area contributed by atoms with Crippen LogP contribution in [-0.2, 0) is 0 Å². The molecule has 0 amide bonds. The number of hydrogen-bond acceptors (Lipinski definition) is 4. The first kappa shape index (κ1) is 13.9. The van der Waals surface area contributed by atoms with Crippen molar-refractivity contribution in [3.05, 3.63) is 16.9 Å². The highest BCUT2D eigenvalue weighted by atomic mass is 32.2. The summed E-state index contributed by atoms with van der Waals surface area (Å²) in [7, 11) is 1.64. The van der Waals surface area contributed by atoms with Crippen molar-refractivity contribution in [1.29, 1.82) is 0 Å². The van der Waals surface area contributed by atoms with E-state index in [1.165, 1.54) is 25.0 Å². The maximum atomic E-state index is 5.49. The Kier molecular flexibility index (Phi) is 4.03. The van der Waals surface area contributed by atoms with Crippen molar-refractivity contribution in [2.75, 3.05) is 12.9 Å². The van der Waals surface area contributed by atoms with Crippen LogP contribution in [0.2, 0.25) is 0 Å². The molecule has 2 atom stereocenters. The average molecular weight is 309 g/mol. The van der Waals surface area contributed by atoms with Crippen LogP contribution in [0.25, 0.3) is 11.2 Å². The summed E-state index contributed by atoms with van der Waals surface area (Å²) < 4.78 is 8.19. The number of imidazole rings is 1. The molecule has 0 saturated heterocycles. The molecule has 1 aliphatic rings. The van der Waals surface area contributed by atoms with E-state index in [0.29, 0.717) is 11.9 Å². The van der Waals surface area contributed by atoms with Gasteiger partial charge in [0.05, 0.1) is 12.6 Å². The molecule has 4 nitrogen and oxygen atoms in total. The second-order valence-corrected chi connectivity index (χ2v) is 7.03. The van der Waals surface area contributed by atoms with E-state index in [1.807, 2.05) is 12.1 Å². The van der Waals surface area contributed by atoms with Gasteiger partial charge in [-0.1, -0.05) is 6.92 Å². The molecule has 3 rings (SSSR count). The molecule has 6 heteroatoms. The number of H-pyrrole nitrogens is 1. The predicted molar refractivity (Wildman–Crippen MR) is 86.3 cm³/mol. The second-order valence-electron chi connectivity index (χ2n) is 5.07. The first-order valence-electron chi connectivity index (χ1n) is 6.99. The molecule has 0 bridgehead atoms. The van der Waals surface area contributed by atoms with Crippen molar-refractivity contribution in [2.45, 2.75) is 37.5 Å². The van der Waals surface area contributed by atoms with Gasteiger partial charge in [-0.2, -0.15) is 16.7 Å². The molecule has 1 fully saturated rings. The highest BCUT2D eigenvalue weighted by molar-refractivity contribution is 7.99. The number of fused-ring (bicyclic) bond motifs is 1. The van der Waals surface area contributed by atoms with Gasteiger partial charge >= 0.3 is 0 Å². The average Bonchev–Trinajstić information content (AvgIpc) is 3.01. The zero-order valence-electron chi connectivity index (χ0n) is 11.8. The summed E-state index contributed by atoms with van der Waals surface area (Å²) in [6.45, 7) is 2.22. The van der Waals surface area contributed by atoms with E-state index in [2.05, 4.69) is 33.2 Å². The van der Waals surface area contributed by atoms with E-state index in [1.54, 1.807) is 7.11 Å². The van der Waals surface area contributed by atoms with Gasteiger partial charge in [-0.3, -0.25) is 4.57 Å². The number of hydrogen-bond donors (Lipinski definition) is 1. The summed E-state index contributed by atoms with van der Waals surface area (Å²) in [5.41, 5.74) is 1.91. The van der Waals surface area contributed by atoms with Gasteiger partial charge in [0.15, 0.2) is 10.4 Å². The molecular formula is C14H19N3OS2. The van der Waals surface area contributed by atoms with Gasteiger partial charge in [0.1, 0.15) is 0 Å². The van der Waals surface area contributed by atoms with E-state index in [0.717, 1.165) is 21.2 Å². The van der Waals surface area contributed by atoms with Crippen molar-refractivity contribution >= 4 is 35.1 Å². The molecule has 1 aliphatic carbocycles. The van der Waals surface area contributed by atoms with E-state index in [9.17, 15) is 0 Å². The van der Waals surface area contributed by atoms with Crippen molar-refractivity contribution < 1.29 is 4.74 Å². The molecule has 0 aromatic carbocycles. The zero-order valence-corrected chi connectivity index (χ0v) is 13.4. The Bertz CT molecular complexity index is 664. The number of pyridine rings is 1. The molecule has 0 radical (unpaired) electrons. The first-order chi connectivity index (χ1) is 9.72. The highest BCUT2D eigenvalue weighted by Gasteiger charge is 2.27. The summed E-state index contributed by atoms with van der Waals surface area (Å²) in [6.07, 6.45) is 3.62. The Balaban J connectivity index is 1.98. The molecule has 20 heavy (non-hydrogen) atoms. The van der Waals surface area contributed by atoms with Gasteiger partial charge in [-0.05, 0) is 43.3 Å². The molecule has 1 saturated carbocycles. The smallest absolute Gasteiger partial charge is 0.215 e. The highest BCUT2D eigenvalue weighted by Crippen LogP contribution is 2.38. The Hall–Kier alpha value is -1.01. The lowest BCUT2D eigenvalue weighted by Crippen LogP contribution is -2.07. The summed E-state index contributed by atoms with van der Waals surface area (Å²) in [5.74, 6) is 1.82. The van der Waals surface area contributed by atoms with Crippen LogP contribution in [0, 0.1) is 4.77 Å². The van der Waals surface area contributed by atoms with Gasteiger partial charge < -0.3 is 9.72 Å². The number of aromatic amines is 1. The number of thioether (sulfide) groups is 1. The number of aromatic nitrogens is 3. The Morgan fingerprint density at radius 1 is 1.50 bits per heavy atom. The third-order valence-electron chi connectivity index (χ3n) is 3.87. The summed E-state index contributed by atoms with van der Waals surface area (Å²) in [4.78, 5) is 7.82. The predicted octanol–water partition coefficient (Wildman–Crippen LogP) is 3.95. The summed E-state index contributed by atoms with van der Waals surface area (Å²) >= 11 is 7.55. The van der Waals surface area contributed by atoms with Crippen molar-refractivity contribution in [1.82, 2.24) is 14.5 Å². The SMILES string of the molecule is CCSC1CCC(n2c(=S)[nH]c3ccc(OC)nc32)C1. The Morgan fingerprint density at radius 3 is 3.10 bits per heavy atom. The number of rotatable bonds is 4. The second kappa shape index (κ2) is 5.77. The van der Waals surface area contributed by atoms with E-state index in [-0.39, 0.29) is 0 Å². The number of ether oxygens (including phenoxy) is 1.